The first-order valence-corrected chi connectivity index (χ1v) is 7.26. The maximum atomic E-state index is 5.46. The minimum atomic E-state index is 0.247. The van der Waals surface area contributed by atoms with Crippen molar-refractivity contribution in [3.05, 3.63) is 45.4 Å². The topological polar surface area (TPSA) is 34.1 Å². The van der Waals surface area contributed by atoms with Crippen LogP contribution in [-0.2, 0) is 6.54 Å². The molecule has 0 aliphatic rings. The zero-order valence-electron chi connectivity index (χ0n) is 11.9. The number of thiazole rings is 1. The molecule has 0 saturated heterocycles. The van der Waals surface area contributed by atoms with Gasteiger partial charge in [-0.1, -0.05) is 12.1 Å². The van der Waals surface area contributed by atoms with Gasteiger partial charge in [-0.15, -0.1) is 11.3 Å². The van der Waals surface area contributed by atoms with Crippen molar-refractivity contribution in [1.29, 1.82) is 0 Å². The van der Waals surface area contributed by atoms with Crippen molar-refractivity contribution >= 4 is 11.3 Å². The van der Waals surface area contributed by atoms with Gasteiger partial charge in [0.25, 0.3) is 0 Å². The van der Waals surface area contributed by atoms with Crippen molar-refractivity contribution < 1.29 is 4.74 Å². The smallest absolute Gasteiger partial charge is 0.123 e. The molecule has 0 aliphatic carbocycles. The molecule has 19 heavy (non-hydrogen) atoms. The van der Waals surface area contributed by atoms with Crippen LogP contribution >= 0.6 is 11.3 Å². The summed E-state index contributed by atoms with van der Waals surface area (Å²) in [4.78, 5) is 5.56. The summed E-state index contributed by atoms with van der Waals surface area (Å²) in [6.45, 7) is 7.12. The molecule has 0 aliphatic heterocycles. The van der Waals surface area contributed by atoms with Crippen molar-refractivity contribution in [3.63, 3.8) is 0 Å². The summed E-state index contributed by atoms with van der Waals surface area (Å²) in [5.41, 5.74) is 5.41. The Kier molecular flexibility index (Phi) is 4.56. The maximum Gasteiger partial charge on any atom is 0.123 e. The van der Waals surface area contributed by atoms with Crippen LogP contribution in [0.4, 0.5) is 0 Å². The lowest BCUT2D eigenvalue weighted by Crippen LogP contribution is -2.18. The number of benzene rings is 1. The molecule has 1 aromatic heterocycles. The number of ether oxygens (including phenoxy) is 1. The number of hydrogen-bond acceptors (Lipinski definition) is 4. The number of hydrogen-bond donors (Lipinski definition) is 1. The summed E-state index contributed by atoms with van der Waals surface area (Å²) in [7, 11) is 1.72. The lowest BCUT2D eigenvalue weighted by Gasteiger charge is -2.17. The normalized spacial score (nSPS) is 12.4. The van der Waals surface area contributed by atoms with Gasteiger partial charge in [0, 0.05) is 23.0 Å². The molecule has 2 rings (SSSR count). The maximum absolute atomic E-state index is 5.46. The van der Waals surface area contributed by atoms with Gasteiger partial charge in [0.1, 0.15) is 5.75 Å². The summed E-state index contributed by atoms with van der Waals surface area (Å²) < 4.78 is 5.46. The highest BCUT2D eigenvalue weighted by Crippen LogP contribution is 2.26. The zero-order valence-corrected chi connectivity index (χ0v) is 12.7. The second-order valence-electron chi connectivity index (χ2n) is 4.71. The molecule has 2 aromatic rings. The molecule has 0 fully saturated rings. The van der Waals surface area contributed by atoms with Gasteiger partial charge in [-0.25, -0.2) is 4.98 Å². The Bertz CT molecular complexity index is 551. The molecule has 0 bridgehead atoms. The van der Waals surface area contributed by atoms with Crippen LogP contribution in [0.15, 0.2) is 23.7 Å². The van der Waals surface area contributed by atoms with Gasteiger partial charge in [-0.05, 0) is 32.4 Å². The van der Waals surface area contributed by atoms with Crippen LogP contribution in [-0.4, -0.2) is 12.1 Å². The van der Waals surface area contributed by atoms with Crippen LogP contribution in [0, 0.1) is 13.8 Å². The van der Waals surface area contributed by atoms with Gasteiger partial charge in [0.2, 0.25) is 0 Å². The number of rotatable bonds is 5. The molecular weight excluding hydrogens is 256 g/mol. The van der Waals surface area contributed by atoms with E-state index in [1.54, 1.807) is 18.4 Å². The van der Waals surface area contributed by atoms with E-state index in [0.717, 1.165) is 18.0 Å². The average molecular weight is 276 g/mol. The molecule has 0 spiro atoms. The van der Waals surface area contributed by atoms with E-state index in [9.17, 15) is 0 Å². The number of nitrogens with zero attached hydrogens (tertiary/aromatic N) is 1. The predicted octanol–water partition coefficient (Wildman–Crippen LogP) is 3.62. The molecule has 0 saturated carbocycles. The van der Waals surface area contributed by atoms with Crippen LogP contribution in [0.2, 0.25) is 0 Å². The van der Waals surface area contributed by atoms with E-state index in [4.69, 9.17) is 4.74 Å². The first-order valence-electron chi connectivity index (χ1n) is 6.38. The highest BCUT2D eigenvalue weighted by Gasteiger charge is 2.12. The molecular formula is C15H20N2OS. The Balaban J connectivity index is 2.07. The first kappa shape index (κ1) is 14.0. The van der Waals surface area contributed by atoms with Gasteiger partial charge in [0.05, 0.1) is 18.3 Å². The summed E-state index contributed by atoms with van der Waals surface area (Å²) in [5.74, 6) is 0.945. The van der Waals surface area contributed by atoms with Crippen molar-refractivity contribution in [2.75, 3.05) is 7.11 Å². The van der Waals surface area contributed by atoms with E-state index in [-0.39, 0.29) is 6.04 Å². The van der Waals surface area contributed by atoms with Crippen LogP contribution in [0.5, 0.6) is 5.75 Å². The van der Waals surface area contributed by atoms with Gasteiger partial charge >= 0.3 is 0 Å². The molecule has 0 radical (unpaired) electrons. The molecule has 102 valence electrons. The second kappa shape index (κ2) is 6.17. The third-order valence-corrected chi connectivity index (χ3v) is 4.20. The second-order valence-corrected chi connectivity index (χ2v) is 5.65. The van der Waals surface area contributed by atoms with Gasteiger partial charge < -0.3 is 10.1 Å². The Morgan fingerprint density at radius 1 is 1.37 bits per heavy atom. The summed E-state index contributed by atoms with van der Waals surface area (Å²) in [5, 5.41) is 3.53. The molecule has 0 amide bonds. The number of methoxy groups -OCH3 is 1. The molecule has 1 N–H and O–H groups in total. The third kappa shape index (κ3) is 3.33. The van der Waals surface area contributed by atoms with E-state index in [1.165, 1.54) is 16.0 Å². The lowest BCUT2D eigenvalue weighted by molar-refractivity contribution is 0.401. The van der Waals surface area contributed by atoms with Gasteiger partial charge in [-0.3, -0.25) is 0 Å². The average Bonchev–Trinajstić information content (AvgIpc) is 2.81. The van der Waals surface area contributed by atoms with E-state index < -0.39 is 0 Å². The highest BCUT2D eigenvalue weighted by molar-refractivity contribution is 7.09. The minimum Gasteiger partial charge on any atom is -0.496 e. The van der Waals surface area contributed by atoms with Crippen LogP contribution < -0.4 is 10.1 Å². The van der Waals surface area contributed by atoms with E-state index in [2.05, 4.69) is 42.3 Å². The zero-order chi connectivity index (χ0) is 13.8. The molecule has 1 heterocycles. The SMILES string of the molecule is COc1cc(C)ccc1C(C)NCc1scnc1C. The third-order valence-electron chi connectivity index (χ3n) is 3.27. The van der Waals surface area contributed by atoms with Gasteiger partial charge in [0.15, 0.2) is 0 Å². The highest BCUT2D eigenvalue weighted by atomic mass is 32.1. The number of aryl methyl sites for hydroxylation is 2. The fraction of sp³-hybridized carbons (Fsp3) is 0.400. The molecule has 1 unspecified atom stereocenters. The number of nitrogens with one attached hydrogen (secondary N) is 1. The van der Waals surface area contributed by atoms with Gasteiger partial charge in [-0.2, -0.15) is 0 Å². The van der Waals surface area contributed by atoms with Crippen LogP contribution in [0.25, 0.3) is 0 Å². The van der Waals surface area contributed by atoms with E-state index in [1.807, 2.05) is 12.4 Å². The Morgan fingerprint density at radius 2 is 2.16 bits per heavy atom. The van der Waals surface area contributed by atoms with E-state index in [0.29, 0.717) is 0 Å². The lowest BCUT2D eigenvalue weighted by atomic mass is 10.0. The summed E-state index contributed by atoms with van der Waals surface area (Å²) >= 11 is 1.69. The van der Waals surface area contributed by atoms with Crippen LogP contribution in [0.1, 0.15) is 34.7 Å². The Hall–Kier alpha value is -1.39. The standard InChI is InChI=1S/C15H20N2OS/c1-10-5-6-13(14(7-10)18-4)11(2)16-8-15-12(3)17-9-19-15/h5-7,9,11,16H,8H2,1-4H3. The Morgan fingerprint density at radius 3 is 2.79 bits per heavy atom. The summed E-state index contributed by atoms with van der Waals surface area (Å²) in [6, 6.07) is 6.57. The quantitative estimate of drug-likeness (QED) is 0.905. The molecule has 4 heteroatoms. The predicted molar refractivity (Wildman–Crippen MR) is 79.8 cm³/mol. The minimum absolute atomic E-state index is 0.247. The largest absolute Gasteiger partial charge is 0.496 e. The van der Waals surface area contributed by atoms with Crippen molar-refractivity contribution in [3.8, 4) is 5.75 Å². The van der Waals surface area contributed by atoms with Crippen LogP contribution in [0.3, 0.4) is 0 Å². The Labute approximate surface area is 118 Å². The van der Waals surface area contributed by atoms with Crippen molar-refractivity contribution in [1.82, 2.24) is 10.3 Å². The van der Waals surface area contributed by atoms with E-state index >= 15 is 0 Å². The molecule has 1 atom stereocenters. The fourth-order valence-electron chi connectivity index (χ4n) is 2.03. The molecule has 1 aromatic carbocycles. The first-order chi connectivity index (χ1) is 9.11. The van der Waals surface area contributed by atoms with Crippen molar-refractivity contribution in [2.45, 2.75) is 33.4 Å². The monoisotopic (exact) mass is 276 g/mol. The summed E-state index contributed by atoms with van der Waals surface area (Å²) in [6.07, 6.45) is 0. The van der Waals surface area contributed by atoms with Crippen molar-refractivity contribution in [2.24, 2.45) is 0 Å². The fourth-order valence-corrected chi connectivity index (χ4v) is 2.76. The molecule has 3 nitrogen and oxygen atoms in total. The number of aromatic nitrogens is 1.